The summed E-state index contributed by atoms with van der Waals surface area (Å²) in [6.45, 7) is 0. The highest BCUT2D eigenvalue weighted by molar-refractivity contribution is 7.90. The first-order chi connectivity index (χ1) is 11.9. The quantitative estimate of drug-likeness (QED) is 0.608. The molecular formula is C18H14Cl2N2O2S. The van der Waals surface area contributed by atoms with Crippen molar-refractivity contribution in [2.75, 3.05) is 6.26 Å². The van der Waals surface area contributed by atoms with Crippen LogP contribution < -0.4 is 0 Å². The third-order valence-electron chi connectivity index (χ3n) is 3.68. The van der Waals surface area contributed by atoms with Gasteiger partial charge in [-0.15, -0.1) is 11.6 Å². The van der Waals surface area contributed by atoms with Crippen LogP contribution >= 0.6 is 23.2 Å². The fourth-order valence-corrected chi connectivity index (χ4v) is 3.36. The Bertz CT molecular complexity index is 1000. The molecular weight excluding hydrogens is 379 g/mol. The first-order valence-corrected chi connectivity index (χ1v) is 10.2. The molecule has 0 N–H and O–H groups in total. The van der Waals surface area contributed by atoms with Crippen LogP contribution in [0.1, 0.15) is 5.69 Å². The Morgan fingerprint density at radius 2 is 1.64 bits per heavy atom. The fraction of sp³-hybridized carbons (Fsp3) is 0.111. The number of nitrogens with zero attached hydrogens (tertiary/aromatic N) is 2. The molecule has 3 rings (SSSR count). The van der Waals surface area contributed by atoms with E-state index in [4.69, 9.17) is 23.2 Å². The van der Waals surface area contributed by atoms with Crippen molar-refractivity contribution >= 4 is 33.0 Å². The molecule has 0 bridgehead atoms. The van der Waals surface area contributed by atoms with Crippen molar-refractivity contribution in [3.8, 4) is 22.4 Å². The van der Waals surface area contributed by atoms with Gasteiger partial charge in [0.2, 0.25) is 0 Å². The highest BCUT2D eigenvalue weighted by atomic mass is 35.5. The zero-order chi connectivity index (χ0) is 18.0. The van der Waals surface area contributed by atoms with Gasteiger partial charge in [-0.1, -0.05) is 23.7 Å². The van der Waals surface area contributed by atoms with Crippen LogP contribution in [-0.4, -0.2) is 24.6 Å². The van der Waals surface area contributed by atoms with E-state index in [-0.39, 0.29) is 4.90 Å². The van der Waals surface area contributed by atoms with Gasteiger partial charge in [0.1, 0.15) is 0 Å². The van der Waals surface area contributed by atoms with Crippen LogP contribution in [0.15, 0.2) is 59.8 Å². The number of hydrogen-bond donors (Lipinski definition) is 0. The molecule has 7 heteroatoms. The Hall–Kier alpha value is -1.95. The molecule has 0 spiro atoms. The zero-order valence-electron chi connectivity index (χ0n) is 13.3. The zero-order valence-corrected chi connectivity index (χ0v) is 15.6. The standard InChI is InChI=1S/C18H14Cl2N2O2S/c1-25(23,24)16-6-3-12(4-7-16)17-8-14(20)11-22-18(17)13-2-5-15(9-19)21-10-13/h2-8,10-11H,9H2,1H3. The van der Waals surface area contributed by atoms with E-state index in [9.17, 15) is 8.42 Å². The minimum absolute atomic E-state index is 0.265. The van der Waals surface area contributed by atoms with Gasteiger partial charge in [0, 0.05) is 29.8 Å². The predicted octanol–water partition coefficient (Wildman–Crippen LogP) is 4.61. The molecule has 0 unspecified atom stereocenters. The molecule has 3 aromatic rings. The average molecular weight is 393 g/mol. The van der Waals surface area contributed by atoms with Gasteiger partial charge in [-0.2, -0.15) is 0 Å². The first kappa shape index (κ1) is 17.9. The van der Waals surface area contributed by atoms with Gasteiger partial charge in [-0.25, -0.2) is 8.42 Å². The molecule has 0 aliphatic heterocycles. The van der Waals surface area contributed by atoms with Gasteiger partial charge in [-0.3, -0.25) is 9.97 Å². The number of halogens is 2. The third kappa shape index (κ3) is 4.00. The third-order valence-corrected chi connectivity index (χ3v) is 5.29. The van der Waals surface area contributed by atoms with E-state index in [0.717, 1.165) is 22.4 Å². The van der Waals surface area contributed by atoms with Crippen molar-refractivity contribution < 1.29 is 8.42 Å². The SMILES string of the molecule is CS(=O)(=O)c1ccc(-c2cc(Cl)cnc2-c2ccc(CCl)nc2)cc1. The molecule has 0 aliphatic carbocycles. The number of alkyl halides is 1. The van der Waals surface area contributed by atoms with E-state index in [2.05, 4.69) is 9.97 Å². The molecule has 0 atom stereocenters. The number of aromatic nitrogens is 2. The van der Waals surface area contributed by atoms with Crippen molar-refractivity contribution in [2.45, 2.75) is 10.8 Å². The predicted molar refractivity (Wildman–Crippen MR) is 101 cm³/mol. The summed E-state index contributed by atoms with van der Waals surface area (Å²) in [5, 5.41) is 0.497. The molecule has 0 radical (unpaired) electrons. The minimum Gasteiger partial charge on any atom is -0.259 e. The lowest BCUT2D eigenvalue weighted by molar-refractivity contribution is 0.602. The first-order valence-electron chi connectivity index (χ1n) is 7.36. The maximum Gasteiger partial charge on any atom is 0.175 e. The number of sulfone groups is 1. The molecule has 0 saturated heterocycles. The molecule has 0 amide bonds. The van der Waals surface area contributed by atoms with Crippen LogP contribution in [0.25, 0.3) is 22.4 Å². The van der Waals surface area contributed by atoms with Gasteiger partial charge in [0.15, 0.2) is 9.84 Å². The molecule has 0 fully saturated rings. The summed E-state index contributed by atoms with van der Waals surface area (Å²) < 4.78 is 23.3. The lowest BCUT2D eigenvalue weighted by atomic mass is 10.0. The van der Waals surface area contributed by atoms with E-state index in [1.54, 1.807) is 42.7 Å². The van der Waals surface area contributed by atoms with Crippen molar-refractivity contribution in [2.24, 2.45) is 0 Å². The summed E-state index contributed by atoms with van der Waals surface area (Å²) in [5.74, 6) is 0.341. The van der Waals surface area contributed by atoms with Gasteiger partial charge >= 0.3 is 0 Å². The number of pyridine rings is 2. The normalized spacial score (nSPS) is 11.5. The topological polar surface area (TPSA) is 59.9 Å². The molecule has 4 nitrogen and oxygen atoms in total. The van der Waals surface area contributed by atoms with E-state index in [0.29, 0.717) is 16.6 Å². The largest absolute Gasteiger partial charge is 0.259 e. The maximum absolute atomic E-state index is 11.6. The highest BCUT2D eigenvalue weighted by Gasteiger charge is 2.12. The molecule has 0 aliphatic rings. The summed E-state index contributed by atoms with van der Waals surface area (Å²) >= 11 is 11.9. The Balaban J connectivity index is 2.10. The van der Waals surface area contributed by atoms with Gasteiger partial charge < -0.3 is 0 Å². The Kier molecular flexibility index (Phi) is 5.08. The number of hydrogen-bond acceptors (Lipinski definition) is 4. The van der Waals surface area contributed by atoms with Crippen molar-refractivity contribution in [1.82, 2.24) is 9.97 Å². The van der Waals surface area contributed by atoms with Crippen LogP contribution in [0.2, 0.25) is 5.02 Å². The maximum atomic E-state index is 11.6. The van der Waals surface area contributed by atoms with E-state index < -0.39 is 9.84 Å². The summed E-state index contributed by atoms with van der Waals surface area (Å²) in [5.41, 5.74) is 3.93. The molecule has 25 heavy (non-hydrogen) atoms. The lowest BCUT2D eigenvalue weighted by Gasteiger charge is -2.10. The summed E-state index contributed by atoms with van der Waals surface area (Å²) in [6, 6.07) is 12.2. The molecule has 2 aromatic heterocycles. The average Bonchev–Trinajstić information content (AvgIpc) is 2.61. The molecule has 2 heterocycles. The number of rotatable bonds is 4. The van der Waals surface area contributed by atoms with E-state index in [1.807, 2.05) is 12.1 Å². The monoisotopic (exact) mass is 392 g/mol. The van der Waals surface area contributed by atoms with Crippen LogP contribution in [0.4, 0.5) is 0 Å². The van der Waals surface area contributed by atoms with Crippen molar-refractivity contribution in [3.63, 3.8) is 0 Å². The second kappa shape index (κ2) is 7.12. The second-order valence-corrected chi connectivity index (χ2v) is 8.24. The van der Waals surface area contributed by atoms with Crippen LogP contribution in [-0.2, 0) is 15.7 Å². The Morgan fingerprint density at radius 1 is 0.960 bits per heavy atom. The Morgan fingerprint density at radius 3 is 2.20 bits per heavy atom. The number of benzene rings is 1. The minimum atomic E-state index is -3.24. The van der Waals surface area contributed by atoms with Crippen LogP contribution in [0.3, 0.4) is 0 Å². The molecule has 128 valence electrons. The molecule has 0 saturated carbocycles. The lowest BCUT2D eigenvalue weighted by Crippen LogP contribution is -1.97. The van der Waals surface area contributed by atoms with Gasteiger partial charge in [0.05, 0.1) is 27.2 Å². The van der Waals surface area contributed by atoms with Crippen molar-refractivity contribution in [3.05, 3.63) is 65.6 Å². The second-order valence-electron chi connectivity index (χ2n) is 5.52. The van der Waals surface area contributed by atoms with Crippen LogP contribution in [0.5, 0.6) is 0 Å². The summed E-state index contributed by atoms with van der Waals surface area (Å²) in [4.78, 5) is 8.99. The fourth-order valence-electron chi connectivity index (χ4n) is 2.41. The van der Waals surface area contributed by atoms with Gasteiger partial charge in [-0.05, 0) is 35.9 Å². The smallest absolute Gasteiger partial charge is 0.175 e. The highest BCUT2D eigenvalue weighted by Crippen LogP contribution is 2.32. The van der Waals surface area contributed by atoms with E-state index >= 15 is 0 Å². The van der Waals surface area contributed by atoms with Crippen molar-refractivity contribution in [1.29, 1.82) is 0 Å². The van der Waals surface area contributed by atoms with E-state index in [1.165, 1.54) is 6.26 Å². The Labute approximate surface area is 156 Å². The summed E-state index contributed by atoms with van der Waals surface area (Å²) in [7, 11) is -3.24. The van der Waals surface area contributed by atoms with Gasteiger partial charge in [0.25, 0.3) is 0 Å². The molecule has 1 aromatic carbocycles. The summed E-state index contributed by atoms with van der Waals surface area (Å²) in [6.07, 6.45) is 4.46. The van der Waals surface area contributed by atoms with Crippen LogP contribution in [0, 0.1) is 0 Å².